The Balaban J connectivity index is 2.28. The molecule has 0 aliphatic carbocycles. The van der Waals surface area contributed by atoms with Gasteiger partial charge in [0.15, 0.2) is 0 Å². The molecule has 2 N–H and O–H groups in total. The van der Waals surface area contributed by atoms with Gasteiger partial charge in [-0.3, -0.25) is 0 Å². The van der Waals surface area contributed by atoms with Gasteiger partial charge in [-0.2, -0.15) is 0 Å². The first-order valence-corrected chi connectivity index (χ1v) is 4.51. The second-order valence-electron chi connectivity index (χ2n) is 2.95. The van der Waals surface area contributed by atoms with Crippen molar-refractivity contribution in [3.8, 4) is 0 Å². The molecule has 0 spiro atoms. The van der Waals surface area contributed by atoms with Gasteiger partial charge in [0.2, 0.25) is 0 Å². The number of benzene rings is 1. The molecular formula is C9H9ClN4. The van der Waals surface area contributed by atoms with E-state index in [4.69, 9.17) is 17.3 Å². The van der Waals surface area contributed by atoms with E-state index in [0.29, 0.717) is 17.3 Å². The molecule has 0 saturated heterocycles. The van der Waals surface area contributed by atoms with Crippen molar-refractivity contribution in [1.82, 2.24) is 15.0 Å². The van der Waals surface area contributed by atoms with Gasteiger partial charge in [-0.25, -0.2) is 4.68 Å². The zero-order valence-corrected chi connectivity index (χ0v) is 8.15. The van der Waals surface area contributed by atoms with E-state index in [2.05, 4.69) is 10.3 Å². The summed E-state index contributed by atoms with van der Waals surface area (Å²) in [5.74, 6) is 0. The lowest BCUT2D eigenvalue weighted by Gasteiger charge is -2.04. The van der Waals surface area contributed by atoms with E-state index >= 15 is 0 Å². The minimum atomic E-state index is 0.587. The number of hydrogen-bond acceptors (Lipinski definition) is 3. The van der Waals surface area contributed by atoms with Crippen molar-refractivity contribution in [2.75, 3.05) is 5.73 Å². The van der Waals surface area contributed by atoms with Crippen molar-refractivity contribution in [2.24, 2.45) is 0 Å². The molecule has 4 nitrogen and oxygen atoms in total. The minimum absolute atomic E-state index is 0.587. The Bertz CT molecular complexity index is 424. The van der Waals surface area contributed by atoms with Gasteiger partial charge in [0.1, 0.15) is 0 Å². The third-order valence-electron chi connectivity index (χ3n) is 1.87. The van der Waals surface area contributed by atoms with E-state index < -0.39 is 0 Å². The van der Waals surface area contributed by atoms with Crippen LogP contribution in [0, 0.1) is 0 Å². The average molecular weight is 209 g/mol. The lowest BCUT2D eigenvalue weighted by atomic mass is 10.2. The van der Waals surface area contributed by atoms with Crippen LogP contribution < -0.4 is 5.73 Å². The normalized spacial score (nSPS) is 10.4. The number of halogens is 1. The highest BCUT2D eigenvalue weighted by atomic mass is 35.5. The van der Waals surface area contributed by atoms with Crippen LogP contribution in [0.25, 0.3) is 0 Å². The molecule has 72 valence electrons. The summed E-state index contributed by atoms with van der Waals surface area (Å²) >= 11 is 6.00. The van der Waals surface area contributed by atoms with Crippen molar-refractivity contribution in [3.63, 3.8) is 0 Å². The van der Waals surface area contributed by atoms with Crippen molar-refractivity contribution in [3.05, 3.63) is 41.2 Å². The summed E-state index contributed by atoms with van der Waals surface area (Å²) in [5, 5.41) is 8.25. The maximum atomic E-state index is 6.00. The van der Waals surface area contributed by atoms with Crippen molar-refractivity contribution < 1.29 is 0 Å². The predicted molar refractivity (Wildman–Crippen MR) is 55.0 cm³/mol. The first kappa shape index (κ1) is 9.02. The molecular weight excluding hydrogens is 200 g/mol. The molecule has 0 unspecified atom stereocenters. The van der Waals surface area contributed by atoms with Crippen LogP contribution in [-0.2, 0) is 6.54 Å². The van der Waals surface area contributed by atoms with Crippen LogP contribution in [0.1, 0.15) is 5.56 Å². The topological polar surface area (TPSA) is 56.7 Å². The van der Waals surface area contributed by atoms with Crippen LogP contribution in [0.4, 0.5) is 5.69 Å². The van der Waals surface area contributed by atoms with Crippen LogP contribution in [-0.4, -0.2) is 15.0 Å². The number of nitrogens with zero attached hydrogens (tertiary/aromatic N) is 3. The Labute approximate surface area is 86.3 Å². The Morgan fingerprint density at radius 3 is 3.00 bits per heavy atom. The summed E-state index contributed by atoms with van der Waals surface area (Å²) in [6.45, 7) is 0.587. The molecule has 0 saturated carbocycles. The first-order valence-electron chi connectivity index (χ1n) is 4.14. The summed E-state index contributed by atoms with van der Waals surface area (Å²) in [6.07, 6.45) is 3.40. The Kier molecular flexibility index (Phi) is 2.37. The SMILES string of the molecule is Nc1ccc(Cl)c(Cn2ccnn2)c1. The number of anilines is 1. The monoisotopic (exact) mass is 208 g/mol. The number of aromatic nitrogens is 3. The van der Waals surface area contributed by atoms with E-state index in [9.17, 15) is 0 Å². The van der Waals surface area contributed by atoms with Crippen LogP contribution in [0.15, 0.2) is 30.6 Å². The molecule has 0 fully saturated rings. The fraction of sp³-hybridized carbons (Fsp3) is 0.111. The van der Waals surface area contributed by atoms with Crippen LogP contribution in [0.3, 0.4) is 0 Å². The highest BCUT2D eigenvalue weighted by Crippen LogP contribution is 2.19. The molecule has 1 heterocycles. The number of rotatable bonds is 2. The van der Waals surface area contributed by atoms with Gasteiger partial charge < -0.3 is 5.73 Å². The fourth-order valence-corrected chi connectivity index (χ4v) is 1.38. The molecule has 0 aliphatic heterocycles. The lowest BCUT2D eigenvalue weighted by molar-refractivity contribution is 0.650. The molecule has 0 amide bonds. The summed E-state index contributed by atoms with van der Waals surface area (Å²) in [4.78, 5) is 0. The molecule has 1 aromatic carbocycles. The Morgan fingerprint density at radius 2 is 2.29 bits per heavy atom. The number of nitrogen functional groups attached to an aromatic ring is 1. The maximum absolute atomic E-state index is 6.00. The highest BCUT2D eigenvalue weighted by Gasteiger charge is 2.01. The zero-order valence-electron chi connectivity index (χ0n) is 7.39. The van der Waals surface area contributed by atoms with E-state index in [1.165, 1.54) is 0 Å². The van der Waals surface area contributed by atoms with Crippen molar-refractivity contribution >= 4 is 17.3 Å². The standard InChI is InChI=1S/C9H9ClN4/c10-9-2-1-8(11)5-7(9)6-14-4-3-12-13-14/h1-5H,6,11H2. The second kappa shape index (κ2) is 3.67. The van der Waals surface area contributed by atoms with E-state index in [0.717, 1.165) is 5.56 Å². The van der Waals surface area contributed by atoms with Gasteiger partial charge in [0.05, 0.1) is 12.7 Å². The van der Waals surface area contributed by atoms with Gasteiger partial charge in [0, 0.05) is 16.9 Å². The second-order valence-corrected chi connectivity index (χ2v) is 3.36. The van der Waals surface area contributed by atoms with Crippen LogP contribution in [0.5, 0.6) is 0 Å². The average Bonchev–Trinajstić information content (AvgIpc) is 2.64. The minimum Gasteiger partial charge on any atom is -0.399 e. The Morgan fingerprint density at radius 1 is 1.43 bits per heavy atom. The molecule has 1 aromatic heterocycles. The maximum Gasteiger partial charge on any atom is 0.0693 e. The molecule has 2 rings (SSSR count). The van der Waals surface area contributed by atoms with Gasteiger partial charge >= 0.3 is 0 Å². The molecule has 5 heteroatoms. The number of nitrogens with two attached hydrogens (primary N) is 1. The summed E-state index contributed by atoms with van der Waals surface area (Å²) in [7, 11) is 0. The smallest absolute Gasteiger partial charge is 0.0693 e. The highest BCUT2D eigenvalue weighted by molar-refractivity contribution is 6.31. The molecule has 0 bridgehead atoms. The molecule has 0 atom stereocenters. The lowest BCUT2D eigenvalue weighted by Crippen LogP contribution is -2.01. The summed E-state index contributed by atoms with van der Waals surface area (Å²) < 4.78 is 1.70. The quantitative estimate of drug-likeness (QED) is 0.763. The Hall–Kier alpha value is -1.55. The van der Waals surface area contributed by atoms with Gasteiger partial charge in [-0.1, -0.05) is 16.8 Å². The predicted octanol–water partition coefficient (Wildman–Crippen LogP) is 1.56. The van der Waals surface area contributed by atoms with Crippen molar-refractivity contribution in [2.45, 2.75) is 6.54 Å². The molecule has 2 aromatic rings. The third kappa shape index (κ3) is 1.85. The van der Waals surface area contributed by atoms with E-state index in [-0.39, 0.29) is 0 Å². The number of hydrogen-bond donors (Lipinski definition) is 1. The van der Waals surface area contributed by atoms with Crippen LogP contribution in [0.2, 0.25) is 5.02 Å². The van der Waals surface area contributed by atoms with Gasteiger partial charge in [0.25, 0.3) is 0 Å². The van der Waals surface area contributed by atoms with E-state index in [1.807, 2.05) is 6.07 Å². The molecule has 0 radical (unpaired) electrons. The van der Waals surface area contributed by atoms with Gasteiger partial charge in [-0.15, -0.1) is 5.10 Å². The summed E-state index contributed by atoms with van der Waals surface area (Å²) in [6, 6.07) is 5.39. The molecule has 0 aliphatic rings. The summed E-state index contributed by atoms with van der Waals surface area (Å²) in [5.41, 5.74) is 7.29. The molecule has 14 heavy (non-hydrogen) atoms. The first-order chi connectivity index (χ1) is 6.75. The fourth-order valence-electron chi connectivity index (χ4n) is 1.21. The zero-order chi connectivity index (χ0) is 9.97. The van der Waals surface area contributed by atoms with E-state index in [1.54, 1.807) is 29.2 Å². The van der Waals surface area contributed by atoms with Crippen LogP contribution >= 0.6 is 11.6 Å². The largest absolute Gasteiger partial charge is 0.399 e. The van der Waals surface area contributed by atoms with Crippen molar-refractivity contribution in [1.29, 1.82) is 0 Å². The van der Waals surface area contributed by atoms with Gasteiger partial charge in [-0.05, 0) is 23.8 Å². The third-order valence-corrected chi connectivity index (χ3v) is 2.24.